The molecule has 5 fully saturated rings. The molecule has 0 saturated carbocycles. The number of ether oxygens (including phenoxy) is 9. The van der Waals surface area contributed by atoms with Gasteiger partial charge in [0.2, 0.25) is 17.7 Å². The van der Waals surface area contributed by atoms with Crippen molar-refractivity contribution in [2.75, 3.05) is 26.4 Å². The maximum Gasteiger partial charge on any atom is 0.217 e. The van der Waals surface area contributed by atoms with Crippen LogP contribution in [0.1, 0.15) is 27.7 Å². The van der Waals surface area contributed by atoms with E-state index in [2.05, 4.69) is 16.0 Å². The number of hydrogen-bond acceptors (Lipinski definition) is 25. The van der Waals surface area contributed by atoms with Crippen molar-refractivity contribution in [1.82, 2.24) is 16.0 Å². The normalized spacial score (nSPS) is 47.7. The number of aliphatic hydroxyl groups is 13. The second-order valence-corrected chi connectivity index (χ2v) is 16.2. The quantitative estimate of drug-likeness (QED) is 0.0725. The van der Waals surface area contributed by atoms with Crippen molar-refractivity contribution in [3.05, 3.63) is 0 Å². The summed E-state index contributed by atoms with van der Waals surface area (Å²) in [6.45, 7) is 1.14. The monoisotopic (exact) mass is 935 g/mol. The van der Waals surface area contributed by atoms with Gasteiger partial charge in [-0.25, -0.2) is 0 Å². The van der Waals surface area contributed by atoms with Crippen LogP contribution >= 0.6 is 0 Å². The fourth-order valence-electron chi connectivity index (χ4n) is 8.07. The molecule has 5 saturated heterocycles. The third kappa shape index (κ3) is 11.6. The second kappa shape index (κ2) is 22.6. The standard InChI is InChI=1S/C36H61N3O25/c1-9-20(46)26(52)27(53)35(57-9)63-30-19(39-12(4)45)33(59-14(6-41)22(30)48)56-8-16-24(50)29(18(32(55)58-16)38-11(3)44)62-36-28(54)31(23(49)15(7-42)61-36)64-34-17(37-10(2)43)25(51)21(47)13(5-40)60-34/h9,13-36,40-42,46-55H,5-8H2,1-4H3,(H,37,43)(H,38,44)(H,39,45)/t9-,13+,14+,15+,16+,17+,18+,19+,20+,21-,22+,23-,24-,25+,26+,27-,28+,29+,30+,31-,32?,33+,34-,35-,36-/m0/s1. The van der Waals surface area contributed by atoms with Gasteiger partial charge in [-0.1, -0.05) is 0 Å². The number of carbonyl (C=O) groups excluding carboxylic acids is 3. The highest BCUT2D eigenvalue weighted by molar-refractivity contribution is 5.74. The van der Waals surface area contributed by atoms with E-state index in [9.17, 15) is 80.8 Å². The van der Waals surface area contributed by atoms with E-state index in [1.165, 1.54) is 6.92 Å². The van der Waals surface area contributed by atoms with E-state index in [0.29, 0.717) is 0 Å². The number of carbonyl (C=O) groups is 3. The minimum absolute atomic E-state index is 0.724. The van der Waals surface area contributed by atoms with E-state index in [1.807, 2.05) is 0 Å². The van der Waals surface area contributed by atoms with E-state index in [-0.39, 0.29) is 0 Å². The van der Waals surface area contributed by atoms with Crippen LogP contribution in [-0.4, -0.2) is 264 Å². The Bertz CT molecular complexity index is 1540. The molecule has 3 amide bonds. The first-order chi connectivity index (χ1) is 30.1. The number of hydrogen-bond donors (Lipinski definition) is 16. The van der Waals surface area contributed by atoms with Gasteiger partial charge in [-0.05, 0) is 6.92 Å². The summed E-state index contributed by atoms with van der Waals surface area (Å²) in [5.74, 6) is -2.22. The average molecular weight is 936 g/mol. The van der Waals surface area contributed by atoms with Crippen molar-refractivity contribution in [3.63, 3.8) is 0 Å². The Balaban J connectivity index is 1.38. The first kappa shape index (κ1) is 52.5. The largest absolute Gasteiger partial charge is 0.394 e. The molecule has 0 spiro atoms. The molecule has 5 heterocycles. The highest BCUT2D eigenvalue weighted by Gasteiger charge is 2.56. The molecule has 0 aromatic rings. The summed E-state index contributed by atoms with van der Waals surface area (Å²) < 4.78 is 51.5. The van der Waals surface area contributed by atoms with Crippen LogP contribution in [0.3, 0.4) is 0 Å². The number of nitrogens with one attached hydrogen (secondary N) is 3. The van der Waals surface area contributed by atoms with Crippen LogP contribution in [0, 0.1) is 0 Å². The first-order valence-electron chi connectivity index (χ1n) is 20.4. The van der Waals surface area contributed by atoms with E-state index in [4.69, 9.17) is 42.6 Å². The molecular weight excluding hydrogens is 874 g/mol. The molecule has 5 aliphatic rings. The Labute approximate surface area is 364 Å². The molecule has 0 radical (unpaired) electrons. The molecule has 5 rings (SSSR count). The fraction of sp³-hybridized carbons (Fsp3) is 0.917. The van der Waals surface area contributed by atoms with Crippen molar-refractivity contribution in [2.24, 2.45) is 0 Å². The third-order valence-corrected chi connectivity index (χ3v) is 11.5. The summed E-state index contributed by atoms with van der Waals surface area (Å²) in [6.07, 6.45) is -38.2. The lowest BCUT2D eigenvalue weighted by molar-refractivity contribution is -0.368. The highest BCUT2D eigenvalue weighted by atomic mass is 16.8. The molecule has 16 N–H and O–H groups in total. The number of aliphatic hydroxyl groups excluding tert-OH is 13. The van der Waals surface area contributed by atoms with Crippen LogP contribution in [0.2, 0.25) is 0 Å². The average Bonchev–Trinajstić information content (AvgIpc) is 3.24. The lowest BCUT2D eigenvalue weighted by Gasteiger charge is -2.49. The van der Waals surface area contributed by atoms with Crippen LogP contribution < -0.4 is 16.0 Å². The Morgan fingerprint density at radius 3 is 1.44 bits per heavy atom. The van der Waals surface area contributed by atoms with Gasteiger partial charge in [-0.2, -0.15) is 0 Å². The van der Waals surface area contributed by atoms with Crippen LogP contribution in [-0.2, 0) is 57.0 Å². The van der Waals surface area contributed by atoms with Crippen molar-refractivity contribution >= 4 is 17.7 Å². The van der Waals surface area contributed by atoms with Gasteiger partial charge in [0.1, 0.15) is 116 Å². The summed E-state index contributed by atoms with van der Waals surface area (Å²) in [5.41, 5.74) is 0. The van der Waals surface area contributed by atoms with Gasteiger partial charge in [-0.15, -0.1) is 0 Å². The van der Waals surface area contributed by atoms with Crippen LogP contribution in [0.4, 0.5) is 0 Å². The zero-order valence-electron chi connectivity index (χ0n) is 35.0. The van der Waals surface area contributed by atoms with Gasteiger partial charge in [0, 0.05) is 20.8 Å². The zero-order valence-corrected chi connectivity index (χ0v) is 35.0. The van der Waals surface area contributed by atoms with Crippen LogP contribution in [0.15, 0.2) is 0 Å². The molecule has 28 heteroatoms. The molecule has 5 aliphatic heterocycles. The molecule has 1 unspecified atom stereocenters. The minimum Gasteiger partial charge on any atom is -0.394 e. The van der Waals surface area contributed by atoms with Crippen molar-refractivity contribution in [1.29, 1.82) is 0 Å². The Hall–Kier alpha value is -2.47. The summed E-state index contributed by atoms with van der Waals surface area (Å²) in [4.78, 5) is 36.7. The van der Waals surface area contributed by atoms with Gasteiger partial charge in [0.15, 0.2) is 31.5 Å². The Kier molecular flexibility index (Phi) is 18.5. The van der Waals surface area contributed by atoms with Crippen LogP contribution in [0.5, 0.6) is 0 Å². The Morgan fingerprint density at radius 1 is 0.438 bits per heavy atom. The summed E-state index contributed by atoms with van der Waals surface area (Å²) in [5, 5.41) is 146. The van der Waals surface area contributed by atoms with Crippen molar-refractivity contribution in [2.45, 2.75) is 181 Å². The van der Waals surface area contributed by atoms with E-state index < -0.39 is 197 Å². The SMILES string of the molecule is CC(=O)N[C@H]1[C@H](O[C@H]2[C@@H](O)[C@@H](CO)O[C@@H](O[C@H]3[C@@H](O)[C@@H](CO[C@@H]4O[C@H](CO)[C@@H](O)[C@H](O[C@@H]5O[C@@H](C)[C@@H](O)[C@@H](O)[C@@H]5O)[C@H]4NC(C)=O)OC(O)[C@@H]3NC(C)=O)[C@@H]2O)O[C@H](CO)[C@H](O)[C@@H]1O. The lowest BCUT2D eigenvalue weighted by Crippen LogP contribution is -2.70. The molecule has 0 aliphatic carbocycles. The number of amides is 3. The highest BCUT2D eigenvalue weighted by Crippen LogP contribution is 2.34. The Morgan fingerprint density at radius 2 is 0.875 bits per heavy atom. The molecular formula is C36H61N3O25. The number of rotatable bonds is 15. The first-order valence-corrected chi connectivity index (χ1v) is 20.4. The molecule has 0 aromatic carbocycles. The molecule has 0 aromatic heterocycles. The van der Waals surface area contributed by atoms with Gasteiger partial charge >= 0.3 is 0 Å². The lowest BCUT2D eigenvalue weighted by atomic mass is 9.94. The molecule has 28 nitrogen and oxygen atoms in total. The predicted octanol–water partition coefficient (Wildman–Crippen LogP) is -10.5. The van der Waals surface area contributed by atoms with Crippen LogP contribution in [0.25, 0.3) is 0 Å². The second-order valence-electron chi connectivity index (χ2n) is 16.2. The maximum atomic E-state index is 12.4. The topological polar surface area (TPSA) is 433 Å². The molecule has 25 atom stereocenters. The third-order valence-electron chi connectivity index (χ3n) is 11.5. The zero-order chi connectivity index (χ0) is 47.5. The van der Waals surface area contributed by atoms with Gasteiger partial charge in [-0.3, -0.25) is 14.4 Å². The minimum atomic E-state index is -2.11. The molecule has 64 heavy (non-hydrogen) atoms. The summed E-state index contributed by atoms with van der Waals surface area (Å²) in [7, 11) is 0. The maximum absolute atomic E-state index is 12.4. The molecule has 370 valence electrons. The van der Waals surface area contributed by atoms with E-state index >= 15 is 0 Å². The fourth-order valence-corrected chi connectivity index (χ4v) is 8.07. The van der Waals surface area contributed by atoms with Crippen molar-refractivity contribution < 1.29 is 123 Å². The summed E-state index contributed by atoms with van der Waals surface area (Å²) in [6, 6.07) is -4.69. The summed E-state index contributed by atoms with van der Waals surface area (Å²) >= 11 is 0. The van der Waals surface area contributed by atoms with Gasteiger partial charge in [0.05, 0.1) is 32.5 Å². The predicted molar refractivity (Wildman–Crippen MR) is 200 cm³/mol. The van der Waals surface area contributed by atoms with Gasteiger partial charge in [0.25, 0.3) is 0 Å². The van der Waals surface area contributed by atoms with E-state index in [0.717, 1.165) is 20.8 Å². The van der Waals surface area contributed by atoms with Gasteiger partial charge < -0.3 is 125 Å². The van der Waals surface area contributed by atoms with E-state index in [1.54, 1.807) is 0 Å². The van der Waals surface area contributed by atoms with Crippen molar-refractivity contribution in [3.8, 4) is 0 Å². The molecule has 0 bridgehead atoms. The smallest absolute Gasteiger partial charge is 0.217 e.